The maximum Gasteiger partial charge on any atom is 0.258 e. The van der Waals surface area contributed by atoms with Crippen molar-refractivity contribution in [2.45, 2.75) is 31.9 Å². The van der Waals surface area contributed by atoms with Crippen molar-refractivity contribution in [3.8, 4) is 0 Å². The number of hydrogen-bond donors (Lipinski definition) is 3. The maximum absolute atomic E-state index is 12.4. The van der Waals surface area contributed by atoms with Crippen LogP contribution < -0.4 is 10.8 Å². The zero-order chi connectivity index (χ0) is 13.8. The molecule has 1 aliphatic rings. The molecule has 1 aliphatic carbocycles. The smallest absolute Gasteiger partial charge is 0.258 e. The van der Waals surface area contributed by atoms with Crippen molar-refractivity contribution >= 4 is 11.8 Å². The van der Waals surface area contributed by atoms with E-state index in [9.17, 15) is 8.78 Å². The normalized spacial score (nSPS) is 15.6. The van der Waals surface area contributed by atoms with Crippen molar-refractivity contribution in [2.24, 2.45) is 0 Å². The Morgan fingerprint density at radius 1 is 1.53 bits per heavy atom. The summed E-state index contributed by atoms with van der Waals surface area (Å²) in [6.45, 7) is -0.617. The van der Waals surface area contributed by atoms with Gasteiger partial charge in [0.25, 0.3) is 6.43 Å². The van der Waals surface area contributed by atoms with Crippen molar-refractivity contribution in [1.82, 2.24) is 15.1 Å². The molecular weight excluding hydrogens is 252 g/mol. The number of halogens is 2. The first-order valence-electron chi connectivity index (χ1n) is 5.98. The molecule has 0 aromatic carbocycles. The molecule has 2 rings (SSSR count). The molecular formula is C12H15F2N5. The Balaban J connectivity index is 2.24. The first-order valence-corrected chi connectivity index (χ1v) is 5.98. The first-order chi connectivity index (χ1) is 9.10. The Morgan fingerprint density at radius 3 is 2.84 bits per heavy atom. The highest BCUT2D eigenvalue weighted by Gasteiger charge is 2.19. The van der Waals surface area contributed by atoms with E-state index in [1.807, 2.05) is 0 Å². The minimum atomic E-state index is -2.56. The molecule has 1 heterocycles. The van der Waals surface area contributed by atoms with Crippen LogP contribution in [-0.2, 0) is 6.54 Å². The van der Waals surface area contributed by atoms with E-state index >= 15 is 0 Å². The fourth-order valence-electron chi connectivity index (χ4n) is 1.53. The third-order valence-corrected chi connectivity index (χ3v) is 2.72. The lowest BCUT2D eigenvalue weighted by atomic mass is 10.2. The van der Waals surface area contributed by atoms with Gasteiger partial charge in [-0.15, -0.1) is 0 Å². The summed E-state index contributed by atoms with van der Waals surface area (Å²) in [6, 6.07) is 3.40. The Kier molecular flexibility index (Phi) is 4.03. The highest BCUT2D eigenvalue weighted by atomic mass is 19.3. The lowest BCUT2D eigenvalue weighted by molar-refractivity contribution is 0.119. The van der Waals surface area contributed by atoms with Crippen LogP contribution in [0.1, 0.15) is 18.5 Å². The van der Waals surface area contributed by atoms with E-state index in [0.29, 0.717) is 17.3 Å². The second-order valence-corrected chi connectivity index (χ2v) is 4.36. The summed E-state index contributed by atoms with van der Waals surface area (Å²) in [7, 11) is 0. The first kappa shape index (κ1) is 13.4. The van der Waals surface area contributed by atoms with Gasteiger partial charge in [-0.05, 0) is 25.0 Å². The number of alkyl halides is 2. The van der Waals surface area contributed by atoms with E-state index in [2.05, 4.69) is 10.4 Å². The van der Waals surface area contributed by atoms with Gasteiger partial charge in [-0.2, -0.15) is 5.10 Å². The van der Waals surface area contributed by atoms with E-state index in [1.54, 1.807) is 12.3 Å². The number of nitrogens with one attached hydrogen (secondary N) is 3. The van der Waals surface area contributed by atoms with Crippen LogP contribution in [0.25, 0.3) is 5.57 Å². The molecule has 0 spiro atoms. The van der Waals surface area contributed by atoms with E-state index in [-0.39, 0.29) is 5.49 Å². The lowest BCUT2D eigenvalue weighted by Crippen LogP contribution is -2.26. The molecule has 0 atom stereocenters. The van der Waals surface area contributed by atoms with Crippen LogP contribution in [0.4, 0.5) is 8.78 Å². The quantitative estimate of drug-likeness (QED) is 0.681. The SMILES string of the molecule is N=C/C(=C\NC1CC1)c1ccc(=N)n(CC(F)F)n1. The van der Waals surface area contributed by atoms with E-state index in [1.165, 1.54) is 6.07 Å². The van der Waals surface area contributed by atoms with Crippen molar-refractivity contribution < 1.29 is 8.78 Å². The molecule has 0 bridgehead atoms. The van der Waals surface area contributed by atoms with Gasteiger partial charge in [0.05, 0.1) is 5.69 Å². The van der Waals surface area contributed by atoms with Crippen LogP contribution >= 0.6 is 0 Å². The van der Waals surface area contributed by atoms with Crippen LogP contribution in [0, 0.1) is 10.8 Å². The molecule has 1 aromatic rings. The topological polar surface area (TPSA) is 77.5 Å². The molecule has 1 saturated carbocycles. The molecule has 3 N–H and O–H groups in total. The molecule has 5 nitrogen and oxygen atoms in total. The summed E-state index contributed by atoms with van der Waals surface area (Å²) in [4.78, 5) is 0. The number of hydrogen-bond acceptors (Lipinski definition) is 4. The fraction of sp³-hybridized carbons (Fsp3) is 0.417. The summed E-state index contributed by atoms with van der Waals surface area (Å²) < 4.78 is 25.7. The van der Waals surface area contributed by atoms with Crippen LogP contribution in [0.2, 0.25) is 0 Å². The summed E-state index contributed by atoms with van der Waals surface area (Å²) in [5.74, 6) is 0. The summed E-state index contributed by atoms with van der Waals surface area (Å²) in [6.07, 6.45) is 2.43. The fourth-order valence-corrected chi connectivity index (χ4v) is 1.53. The van der Waals surface area contributed by atoms with Gasteiger partial charge in [0.2, 0.25) is 0 Å². The molecule has 0 aliphatic heterocycles. The molecule has 7 heteroatoms. The van der Waals surface area contributed by atoms with E-state index < -0.39 is 13.0 Å². The summed E-state index contributed by atoms with van der Waals surface area (Å²) >= 11 is 0. The predicted molar refractivity (Wildman–Crippen MR) is 67.0 cm³/mol. The van der Waals surface area contributed by atoms with Crippen molar-refractivity contribution in [1.29, 1.82) is 10.8 Å². The average Bonchev–Trinajstić information content (AvgIpc) is 3.17. The van der Waals surface area contributed by atoms with Crippen LogP contribution in [0.3, 0.4) is 0 Å². The van der Waals surface area contributed by atoms with Crippen LogP contribution in [0.5, 0.6) is 0 Å². The Hall–Kier alpha value is -2.05. The Bertz CT molecular complexity index is 545. The summed E-state index contributed by atoms with van der Waals surface area (Å²) in [5.41, 5.74) is 0.832. The number of nitrogens with zero attached hydrogens (tertiary/aromatic N) is 2. The predicted octanol–water partition coefficient (Wildman–Crippen LogP) is 1.37. The zero-order valence-corrected chi connectivity index (χ0v) is 10.2. The lowest BCUT2D eigenvalue weighted by Gasteiger charge is -2.08. The largest absolute Gasteiger partial charge is 0.388 e. The average molecular weight is 267 g/mol. The zero-order valence-electron chi connectivity index (χ0n) is 10.2. The molecule has 1 aromatic heterocycles. The van der Waals surface area contributed by atoms with Crippen LogP contribution in [0.15, 0.2) is 18.3 Å². The second kappa shape index (κ2) is 5.73. The molecule has 0 unspecified atom stereocenters. The van der Waals surface area contributed by atoms with Crippen LogP contribution in [-0.4, -0.2) is 28.5 Å². The molecule has 102 valence electrons. The van der Waals surface area contributed by atoms with Gasteiger partial charge in [0.15, 0.2) is 0 Å². The third-order valence-electron chi connectivity index (χ3n) is 2.72. The molecule has 0 amide bonds. The van der Waals surface area contributed by atoms with Gasteiger partial charge in [0.1, 0.15) is 12.0 Å². The summed E-state index contributed by atoms with van der Waals surface area (Å²) in [5, 5.41) is 22.0. The minimum absolute atomic E-state index is 0.0801. The highest BCUT2D eigenvalue weighted by Crippen LogP contribution is 2.19. The van der Waals surface area contributed by atoms with Gasteiger partial charge >= 0.3 is 0 Å². The van der Waals surface area contributed by atoms with Gasteiger partial charge in [-0.3, -0.25) is 5.41 Å². The Morgan fingerprint density at radius 2 is 2.26 bits per heavy atom. The van der Waals surface area contributed by atoms with Gasteiger partial charge in [-0.25, -0.2) is 13.5 Å². The third kappa shape index (κ3) is 3.70. The van der Waals surface area contributed by atoms with Gasteiger partial charge < -0.3 is 10.7 Å². The van der Waals surface area contributed by atoms with Crippen molar-refractivity contribution in [3.63, 3.8) is 0 Å². The van der Waals surface area contributed by atoms with E-state index in [4.69, 9.17) is 10.8 Å². The number of rotatable bonds is 6. The monoisotopic (exact) mass is 267 g/mol. The van der Waals surface area contributed by atoms with Crippen molar-refractivity contribution in [2.75, 3.05) is 0 Å². The number of aromatic nitrogens is 2. The standard InChI is InChI=1S/C12H15F2N5/c13-11(14)7-19-12(16)4-3-10(18-19)8(5-15)6-17-9-1-2-9/h3-6,9,11,15-17H,1-2,7H2/b8-6+,15-5?,16-12?. The molecule has 19 heavy (non-hydrogen) atoms. The Labute approximate surface area is 109 Å². The van der Waals surface area contributed by atoms with Gasteiger partial charge in [0, 0.05) is 24.0 Å². The molecule has 1 fully saturated rings. The second-order valence-electron chi connectivity index (χ2n) is 4.36. The maximum atomic E-state index is 12.4. The number of allylic oxidation sites excluding steroid dienone is 1. The van der Waals surface area contributed by atoms with Gasteiger partial charge in [-0.1, -0.05) is 0 Å². The van der Waals surface area contributed by atoms with Crippen molar-refractivity contribution in [3.05, 3.63) is 29.5 Å². The highest BCUT2D eigenvalue weighted by molar-refractivity contribution is 6.07. The minimum Gasteiger partial charge on any atom is -0.388 e. The molecule has 0 radical (unpaired) electrons. The molecule has 0 saturated heterocycles. The van der Waals surface area contributed by atoms with E-state index in [0.717, 1.165) is 23.7 Å².